The van der Waals surface area contributed by atoms with Crippen LogP contribution in [0.25, 0.3) is 0 Å². The molecule has 1 unspecified atom stereocenters. The number of halogens is 1. The van der Waals surface area contributed by atoms with Gasteiger partial charge in [-0.2, -0.15) is 0 Å². The van der Waals surface area contributed by atoms with Crippen molar-refractivity contribution < 1.29 is 4.79 Å². The topological polar surface area (TPSA) is 32.3 Å². The Morgan fingerprint density at radius 2 is 2.12 bits per heavy atom. The number of carbonyl (C=O) groups is 1. The summed E-state index contributed by atoms with van der Waals surface area (Å²) in [6, 6.07) is 8.12. The van der Waals surface area contributed by atoms with Crippen molar-refractivity contribution in [3.8, 4) is 0 Å². The first-order valence-corrected chi connectivity index (χ1v) is 7.10. The average Bonchev–Trinajstić information content (AvgIpc) is 2.34. The Labute approximate surface area is 116 Å². The van der Waals surface area contributed by atoms with Crippen molar-refractivity contribution in [2.45, 2.75) is 25.8 Å². The lowest BCUT2D eigenvalue weighted by molar-refractivity contribution is -0.121. The van der Waals surface area contributed by atoms with Gasteiger partial charge in [0.2, 0.25) is 5.91 Å². The standard InChI is InChI=1S/C13H17IN2O/c1-2-15-12-4-3-9-16(13(12)17)11-7-5-10(14)6-8-11/h5-8,12,15H,2-4,9H2,1H3. The molecule has 1 amide bonds. The van der Waals surface area contributed by atoms with Gasteiger partial charge in [-0.15, -0.1) is 0 Å². The van der Waals surface area contributed by atoms with E-state index in [-0.39, 0.29) is 11.9 Å². The lowest BCUT2D eigenvalue weighted by Gasteiger charge is -2.32. The van der Waals surface area contributed by atoms with Crippen molar-refractivity contribution >= 4 is 34.2 Å². The molecule has 1 saturated heterocycles. The summed E-state index contributed by atoms with van der Waals surface area (Å²) in [6.45, 7) is 3.72. The molecule has 1 aliphatic rings. The van der Waals surface area contributed by atoms with Crippen LogP contribution in [0.15, 0.2) is 24.3 Å². The smallest absolute Gasteiger partial charge is 0.244 e. The zero-order chi connectivity index (χ0) is 12.3. The first kappa shape index (κ1) is 12.8. The Kier molecular flexibility index (Phi) is 4.39. The van der Waals surface area contributed by atoms with Gasteiger partial charge in [-0.05, 0) is 66.2 Å². The summed E-state index contributed by atoms with van der Waals surface area (Å²) in [5.41, 5.74) is 1.01. The number of likely N-dealkylation sites (N-methyl/N-ethyl adjacent to an activating group) is 1. The Bertz CT molecular complexity index is 389. The van der Waals surface area contributed by atoms with Crippen LogP contribution in [-0.2, 0) is 4.79 Å². The highest BCUT2D eigenvalue weighted by atomic mass is 127. The number of hydrogen-bond donors (Lipinski definition) is 1. The largest absolute Gasteiger partial charge is 0.311 e. The Morgan fingerprint density at radius 3 is 2.76 bits per heavy atom. The van der Waals surface area contributed by atoms with Gasteiger partial charge in [0.1, 0.15) is 0 Å². The number of hydrogen-bond acceptors (Lipinski definition) is 2. The van der Waals surface area contributed by atoms with Crippen LogP contribution in [0, 0.1) is 3.57 Å². The van der Waals surface area contributed by atoms with Gasteiger partial charge in [0.05, 0.1) is 6.04 Å². The van der Waals surface area contributed by atoms with E-state index in [1.807, 2.05) is 36.1 Å². The highest BCUT2D eigenvalue weighted by Crippen LogP contribution is 2.22. The fraction of sp³-hybridized carbons (Fsp3) is 0.462. The van der Waals surface area contributed by atoms with Gasteiger partial charge in [-0.1, -0.05) is 6.92 Å². The Hall–Kier alpha value is -0.620. The van der Waals surface area contributed by atoms with Crippen LogP contribution in [0.5, 0.6) is 0 Å². The number of anilines is 1. The Morgan fingerprint density at radius 1 is 1.41 bits per heavy atom. The van der Waals surface area contributed by atoms with Crippen molar-refractivity contribution in [2.24, 2.45) is 0 Å². The zero-order valence-corrected chi connectivity index (χ0v) is 12.1. The van der Waals surface area contributed by atoms with Gasteiger partial charge >= 0.3 is 0 Å². The quantitative estimate of drug-likeness (QED) is 0.854. The zero-order valence-electron chi connectivity index (χ0n) is 9.95. The molecule has 1 aromatic carbocycles. The fourth-order valence-electron chi connectivity index (χ4n) is 2.19. The molecule has 1 aliphatic heterocycles. The van der Waals surface area contributed by atoms with Crippen molar-refractivity contribution in [3.63, 3.8) is 0 Å². The molecule has 0 aromatic heterocycles. The van der Waals surface area contributed by atoms with Crippen LogP contribution in [0.3, 0.4) is 0 Å². The SMILES string of the molecule is CCNC1CCCN(c2ccc(I)cc2)C1=O. The van der Waals surface area contributed by atoms with Crippen molar-refractivity contribution in [3.05, 3.63) is 27.8 Å². The summed E-state index contributed by atoms with van der Waals surface area (Å²) >= 11 is 2.27. The molecule has 3 nitrogen and oxygen atoms in total. The van der Waals surface area contributed by atoms with Crippen LogP contribution >= 0.6 is 22.6 Å². The number of benzene rings is 1. The minimum absolute atomic E-state index is 0.00646. The number of amides is 1. The summed E-state index contributed by atoms with van der Waals surface area (Å²) in [6.07, 6.45) is 2.02. The Balaban J connectivity index is 2.14. The van der Waals surface area contributed by atoms with Crippen molar-refractivity contribution in [2.75, 3.05) is 18.0 Å². The molecule has 0 spiro atoms. The molecule has 92 valence electrons. The molecule has 4 heteroatoms. The molecule has 1 atom stereocenters. The summed E-state index contributed by atoms with van der Waals surface area (Å²) in [5.74, 6) is 0.208. The second-order valence-corrected chi connectivity index (χ2v) is 5.46. The second kappa shape index (κ2) is 5.82. The monoisotopic (exact) mass is 344 g/mol. The molecular formula is C13H17IN2O. The van der Waals surface area contributed by atoms with Gasteiger partial charge < -0.3 is 10.2 Å². The van der Waals surface area contributed by atoms with E-state index in [4.69, 9.17) is 0 Å². The van der Waals surface area contributed by atoms with Gasteiger partial charge in [-0.25, -0.2) is 0 Å². The number of carbonyl (C=O) groups excluding carboxylic acids is 1. The third-order valence-electron chi connectivity index (χ3n) is 3.03. The molecular weight excluding hydrogens is 327 g/mol. The van der Waals surface area contributed by atoms with E-state index in [0.717, 1.165) is 31.6 Å². The lowest BCUT2D eigenvalue weighted by atomic mass is 10.0. The number of nitrogens with one attached hydrogen (secondary N) is 1. The van der Waals surface area contributed by atoms with E-state index in [9.17, 15) is 4.79 Å². The number of piperidine rings is 1. The maximum atomic E-state index is 12.3. The highest BCUT2D eigenvalue weighted by molar-refractivity contribution is 14.1. The van der Waals surface area contributed by atoms with Gasteiger partial charge in [0.15, 0.2) is 0 Å². The summed E-state index contributed by atoms with van der Waals surface area (Å²) in [5, 5.41) is 3.25. The van der Waals surface area contributed by atoms with E-state index < -0.39 is 0 Å². The molecule has 0 bridgehead atoms. The molecule has 0 saturated carbocycles. The van der Waals surface area contributed by atoms with Crippen LogP contribution in [0.1, 0.15) is 19.8 Å². The number of nitrogens with zero attached hydrogens (tertiary/aromatic N) is 1. The van der Waals surface area contributed by atoms with Crippen LogP contribution in [0.2, 0.25) is 0 Å². The highest BCUT2D eigenvalue weighted by Gasteiger charge is 2.28. The van der Waals surface area contributed by atoms with E-state index in [1.165, 1.54) is 3.57 Å². The summed E-state index contributed by atoms with van der Waals surface area (Å²) in [4.78, 5) is 14.2. The normalized spacial score (nSPS) is 20.7. The molecule has 1 N–H and O–H groups in total. The predicted molar refractivity (Wildman–Crippen MR) is 78.2 cm³/mol. The second-order valence-electron chi connectivity index (χ2n) is 4.22. The maximum Gasteiger partial charge on any atom is 0.244 e. The third kappa shape index (κ3) is 2.98. The minimum atomic E-state index is -0.00646. The van der Waals surface area contributed by atoms with E-state index in [1.54, 1.807) is 0 Å². The van der Waals surface area contributed by atoms with E-state index >= 15 is 0 Å². The molecule has 1 heterocycles. The van der Waals surface area contributed by atoms with E-state index in [0.29, 0.717) is 0 Å². The van der Waals surface area contributed by atoms with Gasteiger partial charge in [0, 0.05) is 15.8 Å². The predicted octanol–water partition coefficient (Wildman–Crippen LogP) is 2.40. The van der Waals surface area contributed by atoms with Crippen LogP contribution < -0.4 is 10.2 Å². The molecule has 1 fully saturated rings. The molecule has 0 aliphatic carbocycles. The maximum absolute atomic E-state index is 12.3. The van der Waals surface area contributed by atoms with Crippen LogP contribution in [-0.4, -0.2) is 25.0 Å². The van der Waals surface area contributed by atoms with Gasteiger partial charge in [0.25, 0.3) is 0 Å². The fourth-order valence-corrected chi connectivity index (χ4v) is 2.55. The molecule has 17 heavy (non-hydrogen) atoms. The first-order valence-electron chi connectivity index (χ1n) is 6.02. The average molecular weight is 344 g/mol. The van der Waals surface area contributed by atoms with Crippen molar-refractivity contribution in [1.82, 2.24) is 5.32 Å². The minimum Gasteiger partial charge on any atom is -0.311 e. The number of rotatable bonds is 3. The molecule has 0 radical (unpaired) electrons. The van der Waals surface area contributed by atoms with Gasteiger partial charge in [-0.3, -0.25) is 4.79 Å². The molecule has 2 rings (SSSR count). The van der Waals surface area contributed by atoms with Crippen molar-refractivity contribution in [1.29, 1.82) is 0 Å². The van der Waals surface area contributed by atoms with Crippen LogP contribution in [0.4, 0.5) is 5.69 Å². The third-order valence-corrected chi connectivity index (χ3v) is 3.75. The molecule has 1 aromatic rings. The first-order chi connectivity index (χ1) is 8.22. The summed E-state index contributed by atoms with van der Waals surface area (Å²) < 4.78 is 1.19. The lowest BCUT2D eigenvalue weighted by Crippen LogP contribution is -2.50. The summed E-state index contributed by atoms with van der Waals surface area (Å²) in [7, 11) is 0. The van der Waals surface area contributed by atoms with E-state index in [2.05, 4.69) is 27.9 Å².